The fourth-order valence-electron chi connectivity index (χ4n) is 2.20. The van der Waals surface area contributed by atoms with Gasteiger partial charge in [0, 0.05) is 12.7 Å². The maximum atomic E-state index is 4.57. The summed E-state index contributed by atoms with van der Waals surface area (Å²) in [7, 11) is 0. The predicted octanol–water partition coefficient (Wildman–Crippen LogP) is 3.96. The van der Waals surface area contributed by atoms with Gasteiger partial charge in [0.2, 0.25) is 0 Å². The summed E-state index contributed by atoms with van der Waals surface area (Å²) in [5.74, 6) is 0. The molecule has 2 aromatic heterocycles. The Bertz CT molecular complexity index is 487. The summed E-state index contributed by atoms with van der Waals surface area (Å²) < 4.78 is 2.16. The summed E-state index contributed by atoms with van der Waals surface area (Å²) in [6.45, 7) is 5.46. The summed E-state index contributed by atoms with van der Waals surface area (Å²) in [5, 5.41) is 0. The lowest BCUT2D eigenvalue weighted by molar-refractivity contribution is 0.641. The van der Waals surface area contributed by atoms with Crippen molar-refractivity contribution in [2.45, 2.75) is 58.9 Å². The third-order valence-electron chi connectivity index (χ3n) is 3.33. The van der Waals surface area contributed by atoms with Gasteiger partial charge >= 0.3 is 0 Å². The second kappa shape index (κ2) is 6.53. The molecule has 0 amide bonds. The normalized spacial score (nSPS) is 11.2. The van der Waals surface area contributed by atoms with Crippen LogP contribution >= 0.6 is 0 Å². The summed E-state index contributed by atoms with van der Waals surface area (Å²) in [6.07, 6.45) is 11.3. The highest BCUT2D eigenvalue weighted by molar-refractivity contribution is 5.71. The zero-order valence-electron chi connectivity index (χ0n) is 11.5. The molecular weight excluding hydrogens is 222 g/mol. The Morgan fingerprint density at radius 1 is 1.06 bits per heavy atom. The van der Waals surface area contributed by atoms with E-state index in [1.54, 1.807) is 0 Å². The predicted molar refractivity (Wildman–Crippen MR) is 75.7 cm³/mol. The minimum absolute atomic E-state index is 1.02. The van der Waals surface area contributed by atoms with Crippen LogP contribution in [0.1, 0.15) is 51.5 Å². The molecule has 0 aliphatic heterocycles. The van der Waals surface area contributed by atoms with Crippen molar-refractivity contribution in [1.82, 2.24) is 14.5 Å². The molecule has 0 atom stereocenters. The SMILES string of the molecule is CCCCCc1cnc2c(c1)ncn2CCCC. The van der Waals surface area contributed by atoms with Gasteiger partial charge < -0.3 is 4.57 Å². The molecule has 0 saturated heterocycles. The Labute approximate surface area is 109 Å². The van der Waals surface area contributed by atoms with Gasteiger partial charge in [-0.05, 0) is 30.9 Å². The van der Waals surface area contributed by atoms with Gasteiger partial charge in [-0.3, -0.25) is 0 Å². The standard InChI is InChI=1S/C15H23N3/c1-3-5-7-8-13-10-14-15(16-11-13)18(12-17-14)9-6-4-2/h10-12H,3-9H2,1-2H3. The highest BCUT2D eigenvalue weighted by Gasteiger charge is 2.04. The van der Waals surface area contributed by atoms with Gasteiger partial charge in [-0.15, -0.1) is 0 Å². The Morgan fingerprint density at radius 2 is 1.89 bits per heavy atom. The van der Waals surface area contributed by atoms with E-state index < -0.39 is 0 Å². The molecule has 18 heavy (non-hydrogen) atoms. The highest BCUT2D eigenvalue weighted by Crippen LogP contribution is 2.14. The van der Waals surface area contributed by atoms with Crippen LogP contribution in [0.4, 0.5) is 0 Å². The molecule has 2 aromatic rings. The van der Waals surface area contributed by atoms with Crippen LogP contribution in [0, 0.1) is 0 Å². The quantitative estimate of drug-likeness (QED) is 0.691. The average molecular weight is 245 g/mol. The lowest BCUT2D eigenvalue weighted by Crippen LogP contribution is -1.97. The van der Waals surface area contributed by atoms with Gasteiger partial charge in [-0.1, -0.05) is 33.1 Å². The molecular formula is C15H23N3. The minimum atomic E-state index is 1.02. The largest absolute Gasteiger partial charge is 0.315 e. The van der Waals surface area contributed by atoms with Crippen molar-refractivity contribution in [3.63, 3.8) is 0 Å². The van der Waals surface area contributed by atoms with Gasteiger partial charge in [0.15, 0.2) is 5.65 Å². The van der Waals surface area contributed by atoms with Crippen molar-refractivity contribution in [1.29, 1.82) is 0 Å². The first-order valence-corrected chi connectivity index (χ1v) is 7.15. The smallest absolute Gasteiger partial charge is 0.159 e. The molecule has 0 unspecified atom stereocenters. The van der Waals surface area contributed by atoms with E-state index in [0.717, 1.165) is 24.1 Å². The third kappa shape index (κ3) is 3.09. The number of unbranched alkanes of at least 4 members (excludes halogenated alkanes) is 3. The molecule has 0 aromatic carbocycles. The number of imidazole rings is 1. The Morgan fingerprint density at radius 3 is 2.67 bits per heavy atom. The van der Waals surface area contributed by atoms with E-state index in [4.69, 9.17) is 0 Å². The van der Waals surface area contributed by atoms with Gasteiger partial charge in [0.1, 0.15) is 5.52 Å². The first-order valence-electron chi connectivity index (χ1n) is 7.15. The van der Waals surface area contributed by atoms with E-state index in [2.05, 4.69) is 34.4 Å². The van der Waals surface area contributed by atoms with E-state index in [-0.39, 0.29) is 0 Å². The summed E-state index contributed by atoms with van der Waals surface area (Å²) in [6, 6.07) is 2.19. The molecule has 2 heterocycles. The number of rotatable bonds is 7. The van der Waals surface area contributed by atoms with Gasteiger partial charge in [-0.25, -0.2) is 9.97 Å². The number of nitrogens with zero attached hydrogens (tertiary/aromatic N) is 3. The zero-order chi connectivity index (χ0) is 12.8. The number of hydrogen-bond donors (Lipinski definition) is 0. The lowest BCUT2D eigenvalue weighted by atomic mass is 10.1. The average Bonchev–Trinajstić information content (AvgIpc) is 2.79. The third-order valence-corrected chi connectivity index (χ3v) is 3.33. The van der Waals surface area contributed by atoms with Gasteiger partial charge in [0.05, 0.1) is 6.33 Å². The number of pyridine rings is 1. The molecule has 0 bridgehead atoms. The Hall–Kier alpha value is -1.38. The van der Waals surface area contributed by atoms with Crippen LogP contribution in [0.3, 0.4) is 0 Å². The zero-order valence-corrected chi connectivity index (χ0v) is 11.5. The number of fused-ring (bicyclic) bond motifs is 1. The van der Waals surface area contributed by atoms with Crippen LogP contribution in [-0.2, 0) is 13.0 Å². The van der Waals surface area contributed by atoms with Crippen LogP contribution in [0.25, 0.3) is 11.2 Å². The summed E-state index contributed by atoms with van der Waals surface area (Å²) in [4.78, 5) is 9.03. The van der Waals surface area contributed by atoms with Gasteiger partial charge in [0.25, 0.3) is 0 Å². The van der Waals surface area contributed by atoms with Gasteiger partial charge in [-0.2, -0.15) is 0 Å². The van der Waals surface area contributed by atoms with Crippen molar-refractivity contribution in [3.8, 4) is 0 Å². The molecule has 0 fully saturated rings. The van der Waals surface area contributed by atoms with E-state index in [1.807, 2.05) is 12.5 Å². The number of aryl methyl sites for hydroxylation is 2. The minimum Gasteiger partial charge on any atom is -0.315 e. The highest BCUT2D eigenvalue weighted by atomic mass is 15.1. The molecule has 3 heteroatoms. The second-order valence-corrected chi connectivity index (χ2v) is 4.93. The van der Waals surface area contributed by atoms with E-state index >= 15 is 0 Å². The fourth-order valence-corrected chi connectivity index (χ4v) is 2.20. The Kier molecular flexibility index (Phi) is 4.73. The summed E-state index contributed by atoms with van der Waals surface area (Å²) in [5.41, 5.74) is 3.39. The second-order valence-electron chi connectivity index (χ2n) is 4.93. The van der Waals surface area contributed by atoms with Crippen LogP contribution < -0.4 is 0 Å². The molecule has 0 radical (unpaired) electrons. The Balaban J connectivity index is 2.10. The van der Waals surface area contributed by atoms with Crippen molar-refractivity contribution < 1.29 is 0 Å². The molecule has 0 aliphatic carbocycles. The van der Waals surface area contributed by atoms with Crippen molar-refractivity contribution in [3.05, 3.63) is 24.2 Å². The van der Waals surface area contributed by atoms with E-state index in [9.17, 15) is 0 Å². The molecule has 2 rings (SSSR count). The number of hydrogen-bond acceptors (Lipinski definition) is 2. The molecule has 0 N–H and O–H groups in total. The van der Waals surface area contributed by atoms with Crippen LogP contribution in [0.5, 0.6) is 0 Å². The molecule has 0 aliphatic rings. The van der Waals surface area contributed by atoms with E-state index in [1.165, 1.54) is 37.7 Å². The molecule has 0 spiro atoms. The van der Waals surface area contributed by atoms with Crippen LogP contribution in [0.2, 0.25) is 0 Å². The fraction of sp³-hybridized carbons (Fsp3) is 0.600. The number of aromatic nitrogens is 3. The molecule has 98 valence electrons. The molecule has 0 saturated carbocycles. The monoisotopic (exact) mass is 245 g/mol. The maximum Gasteiger partial charge on any atom is 0.159 e. The first kappa shape index (κ1) is 13.1. The van der Waals surface area contributed by atoms with E-state index in [0.29, 0.717) is 0 Å². The van der Waals surface area contributed by atoms with Crippen LogP contribution in [0.15, 0.2) is 18.6 Å². The molecule has 3 nitrogen and oxygen atoms in total. The topological polar surface area (TPSA) is 30.7 Å². The summed E-state index contributed by atoms with van der Waals surface area (Å²) >= 11 is 0. The van der Waals surface area contributed by atoms with Crippen LogP contribution in [-0.4, -0.2) is 14.5 Å². The lowest BCUT2D eigenvalue weighted by Gasteiger charge is -2.03. The van der Waals surface area contributed by atoms with Crippen molar-refractivity contribution >= 4 is 11.2 Å². The van der Waals surface area contributed by atoms with Crippen molar-refractivity contribution in [2.75, 3.05) is 0 Å². The first-order chi connectivity index (χ1) is 8.85. The van der Waals surface area contributed by atoms with Crippen molar-refractivity contribution in [2.24, 2.45) is 0 Å². The maximum absolute atomic E-state index is 4.57.